The lowest BCUT2D eigenvalue weighted by molar-refractivity contribution is 0.0622. The molecule has 1 saturated carbocycles. The Balaban J connectivity index is 1.41. The van der Waals surface area contributed by atoms with Crippen LogP contribution in [0.1, 0.15) is 75.1 Å². The molecule has 7 heteroatoms. The van der Waals surface area contributed by atoms with Crippen molar-refractivity contribution in [3.63, 3.8) is 0 Å². The Bertz CT molecular complexity index is 905. The molecule has 1 aromatic carbocycles. The SMILES string of the molecule is CC1CCN(CC2CCCN(C(=O)c3cccc(S(=O)(=O)N(C)C4CCCCC4)c3)C2)CC1. The lowest BCUT2D eigenvalue weighted by Crippen LogP contribution is -2.45. The highest BCUT2D eigenvalue weighted by molar-refractivity contribution is 7.89. The fourth-order valence-electron chi connectivity index (χ4n) is 5.79. The van der Waals surface area contributed by atoms with Crippen LogP contribution in [0.5, 0.6) is 0 Å². The predicted octanol–water partition coefficient (Wildman–Crippen LogP) is 4.22. The van der Waals surface area contributed by atoms with E-state index in [-0.39, 0.29) is 16.8 Å². The van der Waals surface area contributed by atoms with Crippen molar-refractivity contribution in [2.75, 3.05) is 39.8 Å². The number of rotatable bonds is 6. The van der Waals surface area contributed by atoms with Crippen molar-refractivity contribution in [3.8, 4) is 0 Å². The van der Waals surface area contributed by atoms with Crippen LogP contribution in [0, 0.1) is 11.8 Å². The van der Waals surface area contributed by atoms with E-state index in [1.165, 1.54) is 36.7 Å². The van der Waals surface area contributed by atoms with Crippen LogP contribution in [-0.4, -0.2) is 74.2 Å². The summed E-state index contributed by atoms with van der Waals surface area (Å²) in [5.74, 6) is 1.29. The van der Waals surface area contributed by atoms with E-state index in [0.29, 0.717) is 11.5 Å². The van der Waals surface area contributed by atoms with Crippen molar-refractivity contribution < 1.29 is 13.2 Å². The summed E-state index contributed by atoms with van der Waals surface area (Å²) in [4.78, 5) is 18.1. The molecular formula is C26H41N3O3S. The highest BCUT2D eigenvalue weighted by Crippen LogP contribution is 2.28. The number of piperidine rings is 2. The van der Waals surface area contributed by atoms with Crippen molar-refractivity contribution in [2.45, 2.75) is 75.6 Å². The summed E-state index contributed by atoms with van der Waals surface area (Å²) < 4.78 is 28.1. The molecule has 2 aliphatic heterocycles. The Kier molecular flexibility index (Phi) is 8.13. The van der Waals surface area contributed by atoms with Gasteiger partial charge >= 0.3 is 0 Å². The molecule has 33 heavy (non-hydrogen) atoms. The van der Waals surface area contributed by atoms with Gasteiger partial charge in [-0.05, 0) is 81.6 Å². The summed E-state index contributed by atoms with van der Waals surface area (Å²) in [5, 5.41) is 0. The predicted molar refractivity (Wildman–Crippen MR) is 132 cm³/mol. The standard InChI is InChI=1S/C26H41N3O3S/c1-21-13-16-28(17-14-21)19-22-8-7-15-29(20-22)26(30)23-9-6-12-25(18-23)33(31,32)27(2)24-10-4-3-5-11-24/h6,9,12,18,21-22,24H,3-5,7-8,10-11,13-17,19-20H2,1-2H3. The normalized spacial score (nSPS) is 24.3. The minimum Gasteiger partial charge on any atom is -0.338 e. The zero-order valence-corrected chi connectivity index (χ0v) is 21.2. The van der Waals surface area contributed by atoms with Gasteiger partial charge in [-0.1, -0.05) is 32.3 Å². The Hall–Kier alpha value is -1.44. The summed E-state index contributed by atoms with van der Waals surface area (Å²) in [6.45, 7) is 7.26. The fraction of sp³-hybridized carbons (Fsp3) is 0.731. The van der Waals surface area contributed by atoms with Gasteiger partial charge in [0, 0.05) is 38.3 Å². The number of nitrogens with zero attached hydrogens (tertiary/aromatic N) is 3. The molecular weight excluding hydrogens is 434 g/mol. The van der Waals surface area contributed by atoms with Crippen LogP contribution in [0.2, 0.25) is 0 Å². The molecule has 1 unspecified atom stereocenters. The van der Waals surface area contributed by atoms with Crippen molar-refractivity contribution in [2.24, 2.45) is 11.8 Å². The minimum absolute atomic E-state index is 0.0377. The van der Waals surface area contributed by atoms with Gasteiger partial charge in [0.25, 0.3) is 5.91 Å². The van der Waals surface area contributed by atoms with E-state index in [0.717, 1.165) is 64.1 Å². The van der Waals surface area contributed by atoms with Gasteiger partial charge in [0.05, 0.1) is 4.90 Å². The van der Waals surface area contributed by atoms with Crippen molar-refractivity contribution in [1.29, 1.82) is 0 Å². The smallest absolute Gasteiger partial charge is 0.253 e. The molecule has 1 aliphatic carbocycles. The maximum atomic E-state index is 13.3. The Labute approximate surface area is 200 Å². The van der Waals surface area contributed by atoms with E-state index in [4.69, 9.17) is 0 Å². The second-order valence-corrected chi connectivity index (χ2v) is 12.6. The third-order valence-electron chi connectivity index (χ3n) is 8.05. The van der Waals surface area contributed by atoms with E-state index in [1.807, 2.05) is 4.90 Å². The molecule has 184 valence electrons. The van der Waals surface area contributed by atoms with Crippen LogP contribution in [-0.2, 0) is 10.0 Å². The summed E-state index contributed by atoms with van der Waals surface area (Å²) in [6.07, 6.45) is 9.89. The lowest BCUT2D eigenvalue weighted by Gasteiger charge is -2.38. The van der Waals surface area contributed by atoms with Crippen molar-refractivity contribution in [1.82, 2.24) is 14.1 Å². The molecule has 4 rings (SSSR count). The minimum atomic E-state index is -3.60. The van der Waals surface area contributed by atoms with E-state index >= 15 is 0 Å². The number of sulfonamides is 1. The number of carbonyl (C=O) groups is 1. The van der Waals surface area contributed by atoms with E-state index < -0.39 is 10.0 Å². The summed E-state index contributed by atoms with van der Waals surface area (Å²) in [7, 11) is -1.91. The van der Waals surface area contributed by atoms with Crippen LogP contribution in [0.15, 0.2) is 29.2 Å². The molecule has 0 bridgehead atoms. The van der Waals surface area contributed by atoms with Gasteiger partial charge < -0.3 is 9.80 Å². The van der Waals surface area contributed by atoms with Crippen LogP contribution in [0.3, 0.4) is 0 Å². The number of hydrogen-bond donors (Lipinski definition) is 0. The highest BCUT2D eigenvalue weighted by atomic mass is 32.2. The Morgan fingerprint density at radius 2 is 1.73 bits per heavy atom. The first kappa shape index (κ1) is 24.7. The largest absolute Gasteiger partial charge is 0.338 e. The Morgan fingerprint density at radius 1 is 1.00 bits per heavy atom. The third-order valence-corrected chi connectivity index (χ3v) is 9.95. The molecule has 0 radical (unpaired) electrons. The molecule has 2 saturated heterocycles. The van der Waals surface area contributed by atoms with Crippen molar-refractivity contribution in [3.05, 3.63) is 29.8 Å². The molecule has 3 aliphatic rings. The molecule has 2 heterocycles. The van der Waals surface area contributed by atoms with Crippen LogP contribution in [0.25, 0.3) is 0 Å². The molecule has 0 N–H and O–H groups in total. The second kappa shape index (κ2) is 10.9. The zero-order valence-electron chi connectivity index (χ0n) is 20.4. The highest BCUT2D eigenvalue weighted by Gasteiger charge is 2.31. The molecule has 1 amide bonds. The first-order chi connectivity index (χ1) is 15.8. The zero-order chi connectivity index (χ0) is 23.4. The van der Waals surface area contributed by atoms with E-state index in [2.05, 4.69) is 11.8 Å². The average molecular weight is 476 g/mol. The quantitative estimate of drug-likeness (QED) is 0.618. The Morgan fingerprint density at radius 3 is 2.45 bits per heavy atom. The van der Waals surface area contributed by atoms with Gasteiger partial charge in [0.1, 0.15) is 0 Å². The average Bonchev–Trinajstić information content (AvgIpc) is 2.85. The number of likely N-dealkylation sites (tertiary alicyclic amines) is 2. The molecule has 0 aromatic heterocycles. The summed E-state index contributed by atoms with van der Waals surface area (Å²) in [6, 6.07) is 6.75. The van der Waals surface area contributed by atoms with Gasteiger partial charge in [-0.3, -0.25) is 4.79 Å². The maximum absolute atomic E-state index is 13.3. The van der Waals surface area contributed by atoms with Crippen LogP contribution in [0.4, 0.5) is 0 Å². The maximum Gasteiger partial charge on any atom is 0.253 e. The first-order valence-electron chi connectivity index (χ1n) is 12.9. The van der Waals surface area contributed by atoms with Gasteiger partial charge in [0.15, 0.2) is 0 Å². The van der Waals surface area contributed by atoms with E-state index in [9.17, 15) is 13.2 Å². The van der Waals surface area contributed by atoms with Crippen LogP contribution >= 0.6 is 0 Å². The molecule has 0 spiro atoms. The number of benzene rings is 1. The lowest BCUT2D eigenvalue weighted by atomic mass is 9.94. The molecule has 6 nitrogen and oxygen atoms in total. The number of amides is 1. The topological polar surface area (TPSA) is 60.9 Å². The summed E-state index contributed by atoms with van der Waals surface area (Å²) in [5.41, 5.74) is 0.487. The number of carbonyl (C=O) groups excluding carboxylic acids is 1. The van der Waals surface area contributed by atoms with Gasteiger partial charge in [-0.2, -0.15) is 4.31 Å². The fourth-order valence-corrected chi connectivity index (χ4v) is 7.25. The third kappa shape index (κ3) is 5.98. The van der Waals surface area contributed by atoms with Gasteiger partial charge in [0.2, 0.25) is 10.0 Å². The van der Waals surface area contributed by atoms with Crippen LogP contribution < -0.4 is 0 Å². The molecule has 1 atom stereocenters. The van der Waals surface area contributed by atoms with Crippen molar-refractivity contribution >= 4 is 15.9 Å². The van der Waals surface area contributed by atoms with E-state index in [1.54, 1.807) is 31.3 Å². The van der Waals surface area contributed by atoms with Gasteiger partial charge in [-0.25, -0.2) is 8.42 Å². The van der Waals surface area contributed by atoms with Gasteiger partial charge in [-0.15, -0.1) is 0 Å². The summed E-state index contributed by atoms with van der Waals surface area (Å²) >= 11 is 0. The second-order valence-electron chi connectivity index (χ2n) is 10.6. The molecule has 1 aromatic rings. The number of hydrogen-bond acceptors (Lipinski definition) is 4. The first-order valence-corrected chi connectivity index (χ1v) is 14.4. The molecule has 3 fully saturated rings. The monoisotopic (exact) mass is 475 g/mol.